The molecule has 0 aliphatic carbocycles. The number of rotatable bonds is 6. The Morgan fingerprint density at radius 3 is 2.75 bits per heavy atom. The van der Waals surface area contributed by atoms with Gasteiger partial charge in [0.1, 0.15) is 11.6 Å². The molecule has 0 radical (unpaired) electrons. The van der Waals surface area contributed by atoms with Crippen LogP contribution in [0.25, 0.3) is 11.0 Å². The molecule has 0 atom stereocenters. The van der Waals surface area contributed by atoms with Crippen LogP contribution in [0.1, 0.15) is 22.8 Å². The van der Waals surface area contributed by atoms with Gasteiger partial charge in [0.2, 0.25) is 0 Å². The number of fused-ring (bicyclic) bond motifs is 1. The van der Waals surface area contributed by atoms with Crippen molar-refractivity contribution in [2.24, 2.45) is 7.05 Å². The number of aryl methyl sites for hydroxylation is 3. The number of nitrogens with zero attached hydrogens (tertiary/aromatic N) is 6. The molecule has 3 rings (SSSR count). The smallest absolute Gasteiger partial charge is 0.163 e. The minimum Gasteiger partial charge on any atom is -0.383 e. The second kappa shape index (κ2) is 6.56. The molecule has 3 aromatic rings. The first-order valence-electron chi connectivity index (χ1n) is 7.93. The van der Waals surface area contributed by atoms with Crippen LogP contribution in [-0.4, -0.2) is 43.2 Å². The van der Waals surface area contributed by atoms with Gasteiger partial charge in [-0.2, -0.15) is 10.2 Å². The molecular formula is C16H23N7O. The van der Waals surface area contributed by atoms with Gasteiger partial charge in [-0.3, -0.25) is 9.36 Å². The van der Waals surface area contributed by atoms with Crippen LogP contribution < -0.4 is 5.32 Å². The van der Waals surface area contributed by atoms with Crippen LogP contribution in [0.15, 0.2) is 6.20 Å². The standard InChI is InChI=1S/C16H23N7O/c1-10-13(11(2)23(21-10)6-7-24-5)8-17-15-14-9-18-22(4)16(14)20-12(3)19-15/h9H,6-8H2,1-5H3,(H,17,19,20). The van der Waals surface area contributed by atoms with E-state index in [2.05, 4.69) is 32.4 Å². The van der Waals surface area contributed by atoms with Crippen molar-refractivity contribution in [1.29, 1.82) is 0 Å². The van der Waals surface area contributed by atoms with E-state index in [9.17, 15) is 0 Å². The first-order valence-corrected chi connectivity index (χ1v) is 7.93. The van der Waals surface area contributed by atoms with Crippen molar-refractivity contribution in [3.8, 4) is 0 Å². The molecular weight excluding hydrogens is 306 g/mol. The summed E-state index contributed by atoms with van der Waals surface area (Å²) in [7, 11) is 3.58. The topological polar surface area (TPSA) is 82.7 Å². The third-order valence-electron chi connectivity index (χ3n) is 4.18. The SMILES string of the molecule is COCCn1nc(C)c(CNc2nc(C)nc3c2cnn3C)c1C. The monoisotopic (exact) mass is 329 g/mol. The highest BCUT2D eigenvalue weighted by atomic mass is 16.5. The Labute approximate surface area is 140 Å². The van der Waals surface area contributed by atoms with Gasteiger partial charge in [0.05, 0.1) is 30.4 Å². The molecule has 0 saturated carbocycles. The summed E-state index contributed by atoms with van der Waals surface area (Å²) in [4.78, 5) is 8.97. The molecule has 0 aliphatic heterocycles. The summed E-state index contributed by atoms with van der Waals surface area (Å²) in [6.07, 6.45) is 1.79. The van der Waals surface area contributed by atoms with Crippen LogP contribution in [0, 0.1) is 20.8 Å². The predicted octanol–water partition coefficient (Wildman–Crippen LogP) is 1.74. The zero-order valence-electron chi connectivity index (χ0n) is 14.8. The Balaban J connectivity index is 1.85. The molecule has 0 bridgehead atoms. The average molecular weight is 329 g/mol. The zero-order chi connectivity index (χ0) is 17.3. The first kappa shape index (κ1) is 16.4. The van der Waals surface area contributed by atoms with Crippen LogP contribution in [0.4, 0.5) is 5.82 Å². The van der Waals surface area contributed by atoms with Crippen LogP contribution in [0.5, 0.6) is 0 Å². The first-order chi connectivity index (χ1) is 11.5. The van der Waals surface area contributed by atoms with Crippen molar-refractivity contribution in [2.45, 2.75) is 33.9 Å². The van der Waals surface area contributed by atoms with Gasteiger partial charge in [0.15, 0.2) is 5.65 Å². The normalized spacial score (nSPS) is 11.4. The van der Waals surface area contributed by atoms with Crippen molar-refractivity contribution in [3.63, 3.8) is 0 Å². The largest absolute Gasteiger partial charge is 0.383 e. The highest BCUT2D eigenvalue weighted by Gasteiger charge is 2.14. The minimum absolute atomic E-state index is 0.649. The third-order valence-corrected chi connectivity index (χ3v) is 4.18. The van der Waals surface area contributed by atoms with Gasteiger partial charge >= 0.3 is 0 Å². The van der Waals surface area contributed by atoms with E-state index in [4.69, 9.17) is 4.74 Å². The predicted molar refractivity (Wildman–Crippen MR) is 91.9 cm³/mol. The quantitative estimate of drug-likeness (QED) is 0.742. The Kier molecular flexibility index (Phi) is 4.48. The molecule has 1 N–H and O–H groups in total. The lowest BCUT2D eigenvalue weighted by molar-refractivity contribution is 0.182. The fraction of sp³-hybridized carbons (Fsp3) is 0.500. The highest BCUT2D eigenvalue weighted by Crippen LogP contribution is 2.21. The summed E-state index contributed by atoms with van der Waals surface area (Å²) >= 11 is 0. The van der Waals surface area contributed by atoms with Gasteiger partial charge in [0, 0.05) is 32.0 Å². The Morgan fingerprint density at radius 2 is 2.00 bits per heavy atom. The summed E-state index contributed by atoms with van der Waals surface area (Å²) in [5, 5.41) is 13.2. The van der Waals surface area contributed by atoms with Gasteiger partial charge in [-0.25, -0.2) is 9.97 Å². The number of hydrogen-bond donors (Lipinski definition) is 1. The summed E-state index contributed by atoms with van der Waals surface area (Å²) in [5.74, 6) is 1.52. The molecule has 0 spiro atoms. The second-order valence-electron chi connectivity index (χ2n) is 5.84. The number of nitrogens with one attached hydrogen (secondary N) is 1. The average Bonchev–Trinajstić information content (AvgIpc) is 3.04. The van der Waals surface area contributed by atoms with E-state index in [1.54, 1.807) is 18.0 Å². The van der Waals surface area contributed by atoms with Crippen molar-refractivity contribution >= 4 is 16.9 Å². The summed E-state index contributed by atoms with van der Waals surface area (Å²) in [5.41, 5.74) is 4.17. The van der Waals surface area contributed by atoms with Crippen molar-refractivity contribution in [3.05, 3.63) is 29.0 Å². The van der Waals surface area contributed by atoms with Gasteiger partial charge in [-0.1, -0.05) is 0 Å². The van der Waals surface area contributed by atoms with Crippen molar-refractivity contribution in [2.75, 3.05) is 19.0 Å². The van der Waals surface area contributed by atoms with Crippen LogP contribution in [-0.2, 0) is 24.9 Å². The van der Waals surface area contributed by atoms with Gasteiger partial charge in [-0.15, -0.1) is 0 Å². The molecule has 0 amide bonds. The molecule has 0 fully saturated rings. The van der Waals surface area contributed by atoms with Crippen LogP contribution in [0.2, 0.25) is 0 Å². The number of ether oxygens (including phenoxy) is 1. The van der Waals surface area contributed by atoms with Crippen molar-refractivity contribution in [1.82, 2.24) is 29.5 Å². The molecule has 3 aromatic heterocycles. The Bertz CT molecular complexity index is 865. The summed E-state index contributed by atoms with van der Waals surface area (Å²) < 4.78 is 8.89. The number of methoxy groups -OCH3 is 1. The molecule has 0 aromatic carbocycles. The maximum absolute atomic E-state index is 5.14. The fourth-order valence-electron chi connectivity index (χ4n) is 2.82. The highest BCUT2D eigenvalue weighted by molar-refractivity contribution is 5.86. The number of anilines is 1. The van der Waals surface area contributed by atoms with Gasteiger partial charge in [-0.05, 0) is 20.8 Å². The lowest BCUT2D eigenvalue weighted by atomic mass is 10.2. The lowest BCUT2D eigenvalue weighted by Gasteiger charge is -2.09. The molecule has 8 heteroatoms. The van der Waals surface area contributed by atoms with E-state index in [0.29, 0.717) is 13.2 Å². The number of hydrogen-bond acceptors (Lipinski definition) is 6. The molecule has 8 nitrogen and oxygen atoms in total. The molecule has 0 aliphatic rings. The molecule has 0 unspecified atom stereocenters. The number of aromatic nitrogens is 6. The van der Waals surface area contributed by atoms with Crippen molar-refractivity contribution < 1.29 is 4.74 Å². The summed E-state index contributed by atoms with van der Waals surface area (Å²) in [6.45, 7) is 8.05. The van der Waals surface area contributed by atoms with E-state index in [-0.39, 0.29) is 0 Å². The van der Waals surface area contributed by atoms with E-state index in [0.717, 1.165) is 40.6 Å². The zero-order valence-corrected chi connectivity index (χ0v) is 14.8. The van der Waals surface area contributed by atoms with Gasteiger partial charge in [0.25, 0.3) is 0 Å². The second-order valence-corrected chi connectivity index (χ2v) is 5.84. The Morgan fingerprint density at radius 1 is 1.21 bits per heavy atom. The molecule has 24 heavy (non-hydrogen) atoms. The summed E-state index contributed by atoms with van der Waals surface area (Å²) in [6, 6.07) is 0. The fourth-order valence-corrected chi connectivity index (χ4v) is 2.82. The van der Waals surface area contributed by atoms with Crippen LogP contribution in [0.3, 0.4) is 0 Å². The molecule has 0 saturated heterocycles. The van der Waals surface area contributed by atoms with E-state index in [1.165, 1.54) is 5.56 Å². The van der Waals surface area contributed by atoms with E-state index >= 15 is 0 Å². The van der Waals surface area contributed by atoms with E-state index in [1.807, 2.05) is 25.6 Å². The van der Waals surface area contributed by atoms with Gasteiger partial charge < -0.3 is 10.1 Å². The van der Waals surface area contributed by atoms with Crippen LogP contribution >= 0.6 is 0 Å². The maximum Gasteiger partial charge on any atom is 0.163 e. The minimum atomic E-state index is 0.649. The lowest BCUT2D eigenvalue weighted by Crippen LogP contribution is -2.09. The molecule has 3 heterocycles. The van der Waals surface area contributed by atoms with E-state index < -0.39 is 0 Å². The Hall–Kier alpha value is -2.48. The maximum atomic E-state index is 5.14. The molecule has 128 valence electrons. The third kappa shape index (κ3) is 2.96.